The van der Waals surface area contributed by atoms with Crippen LogP contribution in [-0.2, 0) is 6.54 Å². The molecule has 0 amide bonds. The van der Waals surface area contributed by atoms with E-state index in [4.69, 9.17) is 0 Å². The lowest BCUT2D eigenvalue weighted by Crippen LogP contribution is -2.23. The number of carboxylic acid groups (broad SMARTS) is 1. The van der Waals surface area contributed by atoms with Gasteiger partial charge in [-0.15, -0.1) is 0 Å². The summed E-state index contributed by atoms with van der Waals surface area (Å²) < 4.78 is 17.0. The number of carboxylic acids is 1. The molecule has 5 rings (SSSR count). The Hall–Kier alpha value is -3.93. The van der Waals surface area contributed by atoms with Gasteiger partial charge < -0.3 is 14.6 Å². The molecule has 2 heterocycles. The quantitative estimate of drug-likeness (QED) is 0.340. The lowest BCUT2D eigenvalue weighted by Gasteiger charge is -2.21. The van der Waals surface area contributed by atoms with E-state index in [9.17, 15) is 14.7 Å². The predicted octanol–water partition coefficient (Wildman–Crippen LogP) is 6.18. The Morgan fingerprint density at radius 2 is 1.78 bits per heavy atom. The first-order chi connectivity index (χ1) is 17.4. The van der Waals surface area contributed by atoms with E-state index < -0.39 is 17.2 Å². The molecular formula is C30H29FN2O3. The van der Waals surface area contributed by atoms with Crippen molar-refractivity contribution in [2.75, 3.05) is 18.0 Å². The van der Waals surface area contributed by atoms with E-state index in [1.54, 1.807) is 10.6 Å². The Morgan fingerprint density at radius 3 is 2.47 bits per heavy atom. The van der Waals surface area contributed by atoms with Crippen molar-refractivity contribution in [3.8, 4) is 11.1 Å². The Bertz CT molecular complexity index is 1460. The summed E-state index contributed by atoms with van der Waals surface area (Å²) >= 11 is 0. The SMILES string of the molecule is CCCC1CCN(c2cc3c(cc2F)c(=O)c(C(=O)O)cn3Cc2ccc(-c3ccccc3)cc2)C1. The van der Waals surface area contributed by atoms with Gasteiger partial charge in [0.1, 0.15) is 11.4 Å². The van der Waals surface area contributed by atoms with Crippen LogP contribution in [0.5, 0.6) is 0 Å². The number of aromatic carboxylic acids is 1. The molecule has 0 aliphatic carbocycles. The summed E-state index contributed by atoms with van der Waals surface area (Å²) in [5.74, 6) is -1.27. The number of fused-ring (bicyclic) bond motifs is 1. The molecule has 4 aromatic rings. The van der Waals surface area contributed by atoms with Gasteiger partial charge in [0.25, 0.3) is 0 Å². The minimum Gasteiger partial charge on any atom is -0.477 e. The largest absolute Gasteiger partial charge is 0.477 e. The summed E-state index contributed by atoms with van der Waals surface area (Å²) in [5.41, 5.74) is 3.12. The smallest absolute Gasteiger partial charge is 0.341 e. The number of anilines is 1. The van der Waals surface area contributed by atoms with Gasteiger partial charge in [-0.2, -0.15) is 0 Å². The highest BCUT2D eigenvalue weighted by Gasteiger charge is 2.25. The first-order valence-corrected chi connectivity index (χ1v) is 12.4. The van der Waals surface area contributed by atoms with Crippen LogP contribution in [-0.4, -0.2) is 28.7 Å². The zero-order valence-corrected chi connectivity index (χ0v) is 20.3. The normalized spacial score (nSPS) is 15.5. The summed E-state index contributed by atoms with van der Waals surface area (Å²) in [6.07, 6.45) is 4.60. The maximum Gasteiger partial charge on any atom is 0.341 e. The van der Waals surface area contributed by atoms with Crippen LogP contribution in [0.15, 0.2) is 77.7 Å². The highest BCUT2D eigenvalue weighted by molar-refractivity contribution is 5.93. The Balaban J connectivity index is 1.55. The number of pyridine rings is 1. The van der Waals surface area contributed by atoms with Crippen molar-refractivity contribution >= 4 is 22.6 Å². The molecule has 36 heavy (non-hydrogen) atoms. The molecular weight excluding hydrogens is 455 g/mol. The standard InChI is InChI=1S/C30H29FN2O3/c1-2-6-20-13-14-32(17-20)28-16-27-24(15-26(28)31)29(34)25(30(35)36)19-33(27)18-21-9-11-23(12-10-21)22-7-4-3-5-8-22/h3-5,7-12,15-16,19-20H,2,6,13-14,17-18H2,1H3,(H,35,36). The van der Waals surface area contributed by atoms with Gasteiger partial charge in [-0.1, -0.05) is 67.9 Å². The summed E-state index contributed by atoms with van der Waals surface area (Å²) in [4.78, 5) is 26.8. The topological polar surface area (TPSA) is 62.5 Å². The molecule has 1 saturated heterocycles. The maximum absolute atomic E-state index is 15.2. The molecule has 184 valence electrons. The van der Waals surface area contributed by atoms with Gasteiger partial charge in [0.2, 0.25) is 5.43 Å². The first kappa shape index (κ1) is 23.8. The summed E-state index contributed by atoms with van der Waals surface area (Å²) in [7, 11) is 0. The zero-order valence-electron chi connectivity index (χ0n) is 20.3. The molecule has 0 spiro atoms. The molecule has 3 aromatic carbocycles. The third-order valence-electron chi connectivity index (χ3n) is 7.12. The summed E-state index contributed by atoms with van der Waals surface area (Å²) in [6.45, 7) is 4.07. The number of benzene rings is 3. The van der Waals surface area contributed by atoms with Crippen LogP contribution in [0.2, 0.25) is 0 Å². The van der Waals surface area contributed by atoms with Gasteiger partial charge in [0.05, 0.1) is 11.2 Å². The van der Waals surface area contributed by atoms with Crippen LogP contribution in [0.25, 0.3) is 22.0 Å². The predicted molar refractivity (Wildman–Crippen MR) is 141 cm³/mol. The fourth-order valence-electron chi connectivity index (χ4n) is 5.25. The van der Waals surface area contributed by atoms with Crippen molar-refractivity contribution in [2.24, 2.45) is 5.92 Å². The number of nitrogens with zero attached hydrogens (tertiary/aromatic N) is 2. The summed E-state index contributed by atoms with van der Waals surface area (Å²) in [5, 5.41) is 9.72. The molecule has 0 radical (unpaired) electrons. The third-order valence-corrected chi connectivity index (χ3v) is 7.12. The molecule has 1 aliphatic heterocycles. The van der Waals surface area contributed by atoms with Crippen LogP contribution in [0.1, 0.15) is 42.1 Å². The number of halogens is 1. The van der Waals surface area contributed by atoms with Crippen molar-refractivity contribution in [1.29, 1.82) is 0 Å². The van der Waals surface area contributed by atoms with E-state index in [1.807, 2.05) is 59.5 Å². The highest BCUT2D eigenvalue weighted by atomic mass is 19.1. The third kappa shape index (κ3) is 4.63. The van der Waals surface area contributed by atoms with Gasteiger partial charge >= 0.3 is 5.97 Å². The molecule has 5 nitrogen and oxygen atoms in total. The van der Waals surface area contributed by atoms with Crippen molar-refractivity contribution in [1.82, 2.24) is 4.57 Å². The monoisotopic (exact) mass is 484 g/mol. The minimum atomic E-state index is -1.32. The molecule has 1 atom stereocenters. The average Bonchev–Trinajstić information content (AvgIpc) is 3.35. The molecule has 1 fully saturated rings. The number of rotatable bonds is 7. The Kier molecular flexibility index (Phi) is 6.59. The molecule has 0 bridgehead atoms. The number of carbonyl (C=O) groups is 1. The van der Waals surface area contributed by atoms with E-state index in [0.29, 0.717) is 23.7 Å². The van der Waals surface area contributed by atoms with E-state index in [-0.39, 0.29) is 10.9 Å². The van der Waals surface area contributed by atoms with Crippen molar-refractivity contribution < 1.29 is 14.3 Å². The fourth-order valence-corrected chi connectivity index (χ4v) is 5.25. The van der Waals surface area contributed by atoms with Crippen LogP contribution >= 0.6 is 0 Å². The van der Waals surface area contributed by atoms with E-state index in [0.717, 1.165) is 49.0 Å². The van der Waals surface area contributed by atoms with Gasteiger partial charge in [-0.05, 0) is 47.6 Å². The second-order valence-electron chi connectivity index (χ2n) is 9.58. The number of hydrogen-bond acceptors (Lipinski definition) is 3. The molecule has 0 saturated carbocycles. The van der Waals surface area contributed by atoms with Crippen LogP contribution in [0.3, 0.4) is 0 Å². The summed E-state index contributed by atoms with van der Waals surface area (Å²) in [6, 6.07) is 21.0. The van der Waals surface area contributed by atoms with Gasteiger partial charge in [-0.25, -0.2) is 9.18 Å². The first-order valence-electron chi connectivity index (χ1n) is 12.4. The van der Waals surface area contributed by atoms with E-state index in [1.165, 1.54) is 12.3 Å². The second kappa shape index (κ2) is 9.97. The fraction of sp³-hybridized carbons (Fsp3) is 0.267. The molecule has 1 aromatic heterocycles. The van der Waals surface area contributed by atoms with E-state index in [2.05, 4.69) is 6.92 Å². The highest BCUT2D eigenvalue weighted by Crippen LogP contribution is 2.31. The van der Waals surface area contributed by atoms with Crippen LogP contribution in [0, 0.1) is 11.7 Å². The second-order valence-corrected chi connectivity index (χ2v) is 9.58. The zero-order chi connectivity index (χ0) is 25.2. The molecule has 1 unspecified atom stereocenters. The lowest BCUT2D eigenvalue weighted by atomic mass is 10.0. The Labute approximate surface area is 209 Å². The van der Waals surface area contributed by atoms with Gasteiger partial charge in [-0.3, -0.25) is 4.79 Å². The van der Waals surface area contributed by atoms with Crippen LogP contribution < -0.4 is 10.3 Å². The van der Waals surface area contributed by atoms with Crippen molar-refractivity contribution in [3.05, 3.63) is 100 Å². The molecule has 1 aliphatic rings. The van der Waals surface area contributed by atoms with Gasteiger partial charge in [0, 0.05) is 31.2 Å². The van der Waals surface area contributed by atoms with E-state index >= 15 is 4.39 Å². The van der Waals surface area contributed by atoms with Crippen molar-refractivity contribution in [3.63, 3.8) is 0 Å². The Morgan fingerprint density at radius 1 is 1.06 bits per heavy atom. The number of aromatic nitrogens is 1. The number of hydrogen-bond donors (Lipinski definition) is 1. The van der Waals surface area contributed by atoms with Gasteiger partial charge in [0.15, 0.2) is 0 Å². The van der Waals surface area contributed by atoms with Crippen molar-refractivity contribution in [2.45, 2.75) is 32.7 Å². The molecule has 6 heteroatoms. The lowest BCUT2D eigenvalue weighted by molar-refractivity contribution is 0.0695. The van der Waals surface area contributed by atoms with Crippen LogP contribution in [0.4, 0.5) is 10.1 Å². The molecule has 1 N–H and O–H groups in total. The average molecular weight is 485 g/mol. The maximum atomic E-state index is 15.2. The minimum absolute atomic E-state index is 0.0846.